The Kier molecular flexibility index (Phi) is 3.65. The molecule has 1 N–H and O–H groups in total. The molecule has 28 heavy (non-hydrogen) atoms. The molecular formula is C20H28N4O3S. The fourth-order valence-corrected chi connectivity index (χ4v) is 5.90. The number of nitrogens with zero attached hydrogens (tertiary/aromatic N) is 3. The summed E-state index contributed by atoms with van der Waals surface area (Å²) in [5.74, 6) is 2.29. The van der Waals surface area contributed by atoms with E-state index in [9.17, 15) is 8.42 Å². The van der Waals surface area contributed by atoms with E-state index in [2.05, 4.69) is 35.7 Å². The average Bonchev–Trinajstić information content (AvgIpc) is 3.30. The lowest BCUT2D eigenvalue weighted by atomic mass is 9.70. The minimum absolute atomic E-state index is 0.182. The molecule has 0 aliphatic heterocycles. The lowest BCUT2D eigenvalue weighted by molar-refractivity contribution is 0.0296. The van der Waals surface area contributed by atoms with Crippen LogP contribution in [0.2, 0.25) is 0 Å². The van der Waals surface area contributed by atoms with Crippen molar-refractivity contribution in [3.8, 4) is 5.75 Å². The van der Waals surface area contributed by atoms with E-state index in [0.717, 1.165) is 36.8 Å². The predicted molar refractivity (Wildman–Crippen MR) is 107 cm³/mol. The summed E-state index contributed by atoms with van der Waals surface area (Å²) in [5, 5.41) is 8.18. The summed E-state index contributed by atoms with van der Waals surface area (Å²) in [4.78, 5) is 0. The van der Waals surface area contributed by atoms with Gasteiger partial charge in [-0.3, -0.25) is 9.12 Å². The number of fused-ring (bicyclic) bond motifs is 3. The first-order chi connectivity index (χ1) is 13.1. The van der Waals surface area contributed by atoms with Crippen molar-refractivity contribution in [1.29, 1.82) is 0 Å². The highest BCUT2D eigenvalue weighted by molar-refractivity contribution is 7.91. The SMILES string of the molecule is CC1(C)C2CCC1(C)C(Oc1cc3nnc(NS(C)(=O)=O)n3cc1C1CC1)C2. The third kappa shape index (κ3) is 2.64. The summed E-state index contributed by atoms with van der Waals surface area (Å²) in [6.07, 6.45) is 9.15. The van der Waals surface area contributed by atoms with Crippen molar-refractivity contribution in [2.75, 3.05) is 11.0 Å². The number of anilines is 1. The Morgan fingerprint density at radius 3 is 2.54 bits per heavy atom. The molecule has 3 saturated carbocycles. The first kappa shape index (κ1) is 18.2. The highest BCUT2D eigenvalue weighted by atomic mass is 32.2. The van der Waals surface area contributed by atoms with Gasteiger partial charge in [0.1, 0.15) is 11.9 Å². The van der Waals surface area contributed by atoms with Gasteiger partial charge in [-0.25, -0.2) is 8.42 Å². The molecule has 3 unspecified atom stereocenters. The molecule has 0 aromatic carbocycles. The monoisotopic (exact) mass is 404 g/mol. The van der Waals surface area contributed by atoms with Crippen molar-refractivity contribution < 1.29 is 13.2 Å². The van der Waals surface area contributed by atoms with Crippen LogP contribution in [0.1, 0.15) is 64.4 Å². The van der Waals surface area contributed by atoms with Crippen LogP contribution in [0.15, 0.2) is 12.3 Å². The first-order valence-electron chi connectivity index (χ1n) is 10.1. The van der Waals surface area contributed by atoms with E-state index in [-0.39, 0.29) is 17.5 Å². The Morgan fingerprint density at radius 2 is 1.96 bits per heavy atom. The largest absolute Gasteiger partial charge is 0.489 e. The molecule has 3 aliphatic rings. The number of rotatable bonds is 5. The van der Waals surface area contributed by atoms with Gasteiger partial charge < -0.3 is 4.74 Å². The number of sulfonamides is 1. The Balaban J connectivity index is 1.53. The van der Waals surface area contributed by atoms with E-state index in [1.165, 1.54) is 12.8 Å². The first-order valence-corrected chi connectivity index (χ1v) is 12.0. The van der Waals surface area contributed by atoms with E-state index in [1.54, 1.807) is 4.40 Å². The van der Waals surface area contributed by atoms with Crippen LogP contribution < -0.4 is 9.46 Å². The summed E-state index contributed by atoms with van der Waals surface area (Å²) in [6, 6.07) is 1.93. The Hall–Kier alpha value is -1.83. The second kappa shape index (κ2) is 5.62. The number of pyridine rings is 1. The molecular weight excluding hydrogens is 376 g/mol. The zero-order valence-corrected chi connectivity index (χ0v) is 17.7. The molecule has 3 aliphatic carbocycles. The maximum atomic E-state index is 11.6. The van der Waals surface area contributed by atoms with Crippen molar-refractivity contribution in [3.63, 3.8) is 0 Å². The summed E-state index contributed by atoms with van der Waals surface area (Å²) >= 11 is 0. The number of hydrogen-bond donors (Lipinski definition) is 1. The molecule has 0 amide bonds. The smallest absolute Gasteiger partial charge is 0.242 e. The second-order valence-corrected chi connectivity index (χ2v) is 11.5. The van der Waals surface area contributed by atoms with Crippen LogP contribution in [0, 0.1) is 16.7 Å². The van der Waals surface area contributed by atoms with Crippen molar-refractivity contribution in [3.05, 3.63) is 17.8 Å². The molecule has 0 spiro atoms. The van der Waals surface area contributed by atoms with Gasteiger partial charge in [-0.05, 0) is 49.4 Å². The van der Waals surface area contributed by atoms with E-state index in [4.69, 9.17) is 4.74 Å². The predicted octanol–water partition coefficient (Wildman–Crippen LogP) is 3.57. The van der Waals surface area contributed by atoms with Crippen LogP contribution in [-0.2, 0) is 10.0 Å². The zero-order chi connectivity index (χ0) is 19.9. The van der Waals surface area contributed by atoms with Gasteiger partial charge in [0.2, 0.25) is 16.0 Å². The molecule has 8 heteroatoms. The van der Waals surface area contributed by atoms with Crippen LogP contribution >= 0.6 is 0 Å². The van der Waals surface area contributed by atoms with E-state index < -0.39 is 10.0 Å². The zero-order valence-electron chi connectivity index (χ0n) is 16.9. The quantitative estimate of drug-likeness (QED) is 0.823. The molecule has 2 bridgehead atoms. The molecule has 152 valence electrons. The number of nitrogens with one attached hydrogen (secondary N) is 1. The van der Waals surface area contributed by atoms with Gasteiger partial charge in [-0.15, -0.1) is 10.2 Å². The standard InChI is InChI=1S/C20H28N4O3S/c1-19(2)13-7-8-20(19,3)16(9-13)27-15-10-17-21-22-18(23-28(4,25)26)24(17)11-14(15)12-5-6-12/h10-13,16H,5-9H2,1-4H3,(H,22,23). The van der Waals surface area contributed by atoms with Crippen molar-refractivity contribution in [2.24, 2.45) is 16.7 Å². The fraction of sp³-hybridized carbons (Fsp3) is 0.700. The molecule has 2 aromatic heterocycles. The Labute approximate surface area is 165 Å². The molecule has 5 rings (SSSR count). The molecule has 3 atom stereocenters. The van der Waals surface area contributed by atoms with E-state index in [0.29, 0.717) is 22.9 Å². The van der Waals surface area contributed by atoms with Crippen LogP contribution in [0.4, 0.5) is 5.95 Å². The molecule has 3 fully saturated rings. The van der Waals surface area contributed by atoms with Crippen molar-refractivity contribution in [1.82, 2.24) is 14.6 Å². The van der Waals surface area contributed by atoms with Gasteiger partial charge in [-0.2, -0.15) is 0 Å². The van der Waals surface area contributed by atoms with Crippen LogP contribution in [-0.4, -0.2) is 35.4 Å². The summed E-state index contributed by atoms with van der Waals surface area (Å²) < 4.78 is 34.1. The highest BCUT2D eigenvalue weighted by Crippen LogP contribution is 2.66. The third-order valence-electron chi connectivity index (χ3n) is 7.81. The Morgan fingerprint density at radius 1 is 1.21 bits per heavy atom. The average molecular weight is 405 g/mol. The summed E-state index contributed by atoms with van der Waals surface area (Å²) in [5.41, 5.74) is 2.20. The van der Waals surface area contributed by atoms with Gasteiger partial charge in [0.05, 0.1) is 6.26 Å². The highest BCUT2D eigenvalue weighted by Gasteiger charge is 2.62. The van der Waals surface area contributed by atoms with E-state index in [1.807, 2.05) is 12.3 Å². The summed E-state index contributed by atoms with van der Waals surface area (Å²) in [7, 11) is -3.42. The summed E-state index contributed by atoms with van der Waals surface area (Å²) in [6.45, 7) is 7.16. The maximum Gasteiger partial charge on any atom is 0.242 e. The minimum atomic E-state index is -3.42. The van der Waals surface area contributed by atoms with E-state index >= 15 is 0 Å². The van der Waals surface area contributed by atoms with Gasteiger partial charge in [0, 0.05) is 23.2 Å². The van der Waals surface area contributed by atoms with Gasteiger partial charge in [-0.1, -0.05) is 20.8 Å². The van der Waals surface area contributed by atoms with Crippen LogP contribution in [0.3, 0.4) is 0 Å². The third-order valence-corrected chi connectivity index (χ3v) is 8.37. The second-order valence-electron chi connectivity index (χ2n) is 9.71. The molecule has 0 radical (unpaired) electrons. The van der Waals surface area contributed by atoms with Crippen LogP contribution in [0.25, 0.3) is 5.65 Å². The van der Waals surface area contributed by atoms with Crippen molar-refractivity contribution in [2.45, 2.75) is 64.9 Å². The molecule has 0 saturated heterocycles. The van der Waals surface area contributed by atoms with Crippen molar-refractivity contribution >= 4 is 21.6 Å². The normalized spacial score (nSPS) is 31.4. The minimum Gasteiger partial charge on any atom is -0.489 e. The van der Waals surface area contributed by atoms with Gasteiger partial charge >= 0.3 is 0 Å². The topological polar surface area (TPSA) is 85.6 Å². The maximum absolute atomic E-state index is 11.6. The van der Waals surface area contributed by atoms with Gasteiger partial charge in [0.25, 0.3) is 0 Å². The van der Waals surface area contributed by atoms with Crippen LogP contribution in [0.5, 0.6) is 5.75 Å². The molecule has 2 aromatic rings. The molecule has 2 heterocycles. The lowest BCUT2D eigenvalue weighted by Gasteiger charge is -2.39. The Bertz CT molecular complexity index is 1060. The number of hydrogen-bond acceptors (Lipinski definition) is 5. The molecule has 7 nitrogen and oxygen atoms in total. The fourth-order valence-electron chi connectivity index (χ4n) is 5.43. The van der Waals surface area contributed by atoms with Gasteiger partial charge in [0.15, 0.2) is 5.65 Å². The number of aromatic nitrogens is 3. The number of ether oxygens (including phenoxy) is 1. The lowest BCUT2D eigenvalue weighted by Crippen LogP contribution is -2.39.